The number of aryl methyl sites for hydroxylation is 1. The highest BCUT2D eigenvalue weighted by Gasteiger charge is 2.10. The molecule has 0 radical (unpaired) electrons. The van der Waals surface area contributed by atoms with Crippen LogP contribution >= 0.6 is 0 Å². The Morgan fingerprint density at radius 2 is 2.27 bits per heavy atom. The standard InChI is InChI=1S/C11H15NO3/c1-3-4-5-15-11(14)9-7-12-8(2)6-10(9)13/h6-7H,3-5H2,1-2H3,(H,12,13). The highest BCUT2D eigenvalue weighted by Crippen LogP contribution is 1.97. The molecule has 82 valence electrons. The molecular weight excluding hydrogens is 194 g/mol. The molecule has 1 aromatic heterocycles. The molecule has 0 aliphatic rings. The summed E-state index contributed by atoms with van der Waals surface area (Å²) in [5.41, 5.74) is 0.495. The fourth-order valence-corrected chi connectivity index (χ4v) is 1.12. The third-order valence-corrected chi connectivity index (χ3v) is 2.01. The van der Waals surface area contributed by atoms with E-state index in [1.54, 1.807) is 6.92 Å². The van der Waals surface area contributed by atoms with Gasteiger partial charge in [-0.15, -0.1) is 0 Å². The van der Waals surface area contributed by atoms with Gasteiger partial charge in [-0.1, -0.05) is 13.3 Å². The zero-order valence-electron chi connectivity index (χ0n) is 9.00. The highest BCUT2D eigenvalue weighted by atomic mass is 16.5. The fourth-order valence-electron chi connectivity index (χ4n) is 1.12. The van der Waals surface area contributed by atoms with Gasteiger partial charge in [0.2, 0.25) is 0 Å². The molecule has 0 unspecified atom stereocenters. The van der Waals surface area contributed by atoms with E-state index in [0.29, 0.717) is 6.61 Å². The first kappa shape index (κ1) is 11.5. The number of hydrogen-bond acceptors (Lipinski definition) is 3. The lowest BCUT2D eigenvalue weighted by Crippen LogP contribution is -2.18. The molecule has 0 fully saturated rings. The third kappa shape index (κ3) is 3.23. The summed E-state index contributed by atoms with van der Waals surface area (Å²) >= 11 is 0. The molecule has 1 N–H and O–H groups in total. The van der Waals surface area contributed by atoms with Gasteiger partial charge in [-0.2, -0.15) is 0 Å². The number of nitrogens with one attached hydrogen (secondary N) is 1. The molecule has 0 saturated heterocycles. The Kier molecular flexibility index (Phi) is 4.09. The van der Waals surface area contributed by atoms with E-state index in [0.717, 1.165) is 18.5 Å². The normalized spacial score (nSPS) is 10.0. The molecule has 1 heterocycles. The first-order valence-electron chi connectivity index (χ1n) is 5.01. The highest BCUT2D eigenvalue weighted by molar-refractivity contribution is 5.88. The topological polar surface area (TPSA) is 59.2 Å². The zero-order chi connectivity index (χ0) is 11.3. The minimum Gasteiger partial charge on any atom is -0.462 e. The molecule has 0 aliphatic carbocycles. The van der Waals surface area contributed by atoms with Crippen LogP contribution in [0.5, 0.6) is 0 Å². The summed E-state index contributed by atoms with van der Waals surface area (Å²) < 4.78 is 4.93. The summed E-state index contributed by atoms with van der Waals surface area (Å²) in [4.78, 5) is 25.6. The minimum atomic E-state index is -0.551. The molecule has 15 heavy (non-hydrogen) atoms. The van der Waals surface area contributed by atoms with Gasteiger partial charge in [-0.25, -0.2) is 4.79 Å². The largest absolute Gasteiger partial charge is 0.462 e. The Morgan fingerprint density at radius 1 is 1.53 bits per heavy atom. The Bertz CT molecular complexity index is 395. The van der Waals surface area contributed by atoms with Crippen molar-refractivity contribution in [3.05, 3.63) is 33.7 Å². The maximum Gasteiger partial charge on any atom is 0.343 e. The van der Waals surface area contributed by atoms with Gasteiger partial charge in [0.15, 0.2) is 5.43 Å². The number of unbranched alkanes of at least 4 members (excludes halogenated alkanes) is 1. The smallest absolute Gasteiger partial charge is 0.343 e. The number of pyridine rings is 1. The van der Waals surface area contributed by atoms with Crippen molar-refractivity contribution < 1.29 is 9.53 Å². The van der Waals surface area contributed by atoms with E-state index in [1.807, 2.05) is 6.92 Å². The molecule has 0 amide bonds. The molecule has 0 saturated carbocycles. The second-order valence-electron chi connectivity index (χ2n) is 3.38. The summed E-state index contributed by atoms with van der Waals surface area (Å²) in [6.45, 7) is 4.13. The first-order chi connectivity index (χ1) is 7.15. The molecule has 0 atom stereocenters. The summed E-state index contributed by atoms with van der Waals surface area (Å²) in [6, 6.07) is 1.39. The predicted molar refractivity (Wildman–Crippen MR) is 57.0 cm³/mol. The van der Waals surface area contributed by atoms with Crippen molar-refractivity contribution in [2.24, 2.45) is 0 Å². The SMILES string of the molecule is CCCCOC(=O)c1c[nH]c(C)cc1=O. The fraction of sp³-hybridized carbons (Fsp3) is 0.455. The summed E-state index contributed by atoms with van der Waals surface area (Å²) in [7, 11) is 0. The number of aromatic nitrogens is 1. The lowest BCUT2D eigenvalue weighted by Gasteiger charge is -2.03. The van der Waals surface area contributed by atoms with Crippen molar-refractivity contribution in [2.45, 2.75) is 26.7 Å². The Hall–Kier alpha value is -1.58. The van der Waals surface area contributed by atoms with Crippen molar-refractivity contribution in [3.8, 4) is 0 Å². The van der Waals surface area contributed by atoms with Gasteiger partial charge in [0, 0.05) is 18.0 Å². The molecule has 1 aromatic rings. The average Bonchev–Trinajstić information content (AvgIpc) is 2.17. The van der Waals surface area contributed by atoms with Crippen LogP contribution in [-0.4, -0.2) is 17.6 Å². The maximum absolute atomic E-state index is 11.4. The van der Waals surface area contributed by atoms with Crippen LogP contribution in [0.1, 0.15) is 35.8 Å². The molecule has 0 spiro atoms. The van der Waals surface area contributed by atoms with Crippen LogP contribution in [0.4, 0.5) is 0 Å². The van der Waals surface area contributed by atoms with E-state index in [1.165, 1.54) is 12.3 Å². The van der Waals surface area contributed by atoms with Crippen molar-refractivity contribution in [3.63, 3.8) is 0 Å². The van der Waals surface area contributed by atoms with Gasteiger partial charge in [0.05, 0.1) is 6.61 Å². The first-order valence-corrected chi connectivity index (χ1v) is 5.01. The van der Waals surface area contributed by atoms with Crippen LogP contribution in [-0.2, 0) is 4.74 Å². The minimum absolute atomic E-state index is 0.0664. The van der Waals surface area contributed by atoms with Gasteiger partial charge < -0.3 is 9.72 Å². The van der Waals surface area contributed by atoms with Crippen molar-refractivity contribution in [2.75, 3.05) is 6.61 Å². The van der Waals surface area contributed by atoms with Crippen LogP contribution in [0.2, 0.25) is 0 Å². The van der Waals surface area contributed by atoms with E-state index in [2.05, 4.69) is 4.98 Å². The zero-order valence-corrected chi connectivity index (χ0v) is 9.00. The van der Waals surface area contributed by atoms with Gasteiger partial charge in [0.25, 0.3) is 0 Å². The number of carbonyl (C=O) groups is 1. The number of rotatable bonds is 4. The number of esters is 1. The monoisotopic (exact) mass is 209 g/mol. The van der Waals surface area contributed by atoms with Gasteiger partial charge in [-0.05, 0) is 13.3 Å². The second-order valence-corrected chi connectivity index (χ2v) is 3.38. The number of ether oxygens (including phenoxy) is 1. The quantitative estimate of drug-likeness (QED) is 0.605. The maximum atomic E-state index is 11.4. The van der Waals surface area contributed by atoms with Crippen molar-refractivity contribution in [1.82, 2.24) is 4.98 Å². The van der Waals surface area contributed by atoms with Crippen LogP contribution < -0.4 is 5.43 Å². The Morgan fingerprint density at radius 3 is 2.87 bits per heavy atom. The summed E-state index contributed by atoms with van der Waals surface area (Å²) in [5.74, 6) is -0.551. The summed E-state index contributed by atoms with van der Waals surface area (Å²) in [5, 5.41) is 0. The van der Waals surface area contributed by atoms with E-state index in [4.69, 9.17) is 4.74 Å². The van der Waals surface area contributed by atoms with Gasteiger partial charge >= 0.3 is 5.97 Å². The summed E-state index contributed by atoms with van der Waals surface area (Å²) in [6.07, 6.45) is 3.17. The molecule has 4 heteroatoms. The number of aromatic amines is 1. The average molecular weight is 209 g/mol. The molecule has 4 nitrogen and oxygen atoms in total. The molecular formula is C11H15NO3. The second kappa shape index (κ2) is 5.34. The number of H-pyrrole nitrogens is 1. The van der Waals surface area contributed by atoms with Crippen LogP contribution in [0.15, 0.2) is 17.1 Å². The lowest BCUT2D eigenvalue weighted by molar-refractivity contribution is 0.0498. The van der Waals surface area contributed by atoms with Crippen LogP contribution in [0, 0.1) is 6.92 Å². The van der Waals surface area contributed by atoms with Gasteiger partial charge in [-0.3, -0.25) is 4.79 Å². The van der Waals surface area contributed by atoms with E-state index >= 15 is 0 Å². The molecule has 0 bridgehead atoms. The number of carbonyl (C=O) groups excluding carboxylic acids is 1. The van der Waals surface area contributed by atoms with Gasteiger partial charge in [0.1, 0.15) is 5.56 Å². The van der Waals surface area contributed by atoms with Crippen molar-refractivity contribution >= 4 is 5.97 Å². The van der Waals surface area contributed by atoms with E-state index < -0.39 is 5.97 Å². The Labute approximate surface area is 88.3 Å². The van der Waals surface area contributed by atoms with E-state index in [9.17, 15) is 9.59 Å². The third-order valence-electron chi connectivity index (χ3n) is 2.01. The molecule has 1 rings (SSSR count). The number of hydrogen-bond donors (Lipinski definition) is 1. The van der Waals surface area contributed by atoms with E-state index in [-0.39, 0.29) is 11.0 Å². The molecule has 0 aromatic carbocycles. The Balaban J connectivity index is 2.70. The molecule has 0 aliphatic heterocycles. The predicted octanol–water partition coefficient (Wildman–Crippen LogP) is 1.64. The van der Waals surface area contributed by atoms with Crippen LogP contribution in [0.25, 0.3) is 0 Å². The van der Waals surface area contributed by atoms with Crippen molar-refractivity contribution in [1.29, 1.82) is 0 Å². The van der Waals surface area contributed by atoms with Crippen LogP contribution in [0.3, 0.4) is 0 Å². The lowest BCUT2D eigenvalue weighted by atomic mass is 10.2.